The molecule has 23 heavy (non-hydrogen) atoms. The number of rotatable bonds is 4. The number of nitrogens with zero attached hydrogens (tertiary/aromatic N) is 1. The second-order valence-electron chi connectivity index (χ2n) is 4.46. The van der Waals surface area contributed by atoms with Crippen LogP contribution in [0.1, 0.15) is 15.9 Å². The highest BCUT2D eigenvalue weighted by Gasteiger charge is 2.29. The zero-order valence-corrected chi connectivity index (χ0v) is 11.4. The number of non-ortho nitro benzene ring substituents is 1. The smallest absolute Gasteiger partial charge is 0.298 e. The van der Waals surface area contributed by atoms with Gasteiger partial charge in [0.1, 0.15) is 0 Å². The molecule has 120 valence electrons. The Labute approximate surface area is 128 Å². The van der Waals surface area contributed by atoms with E-state index in [0.29, 0.717) is 0 Å². The third-order valence-corrected chi connectivity index (χ3v) is 2.87. The molecule has 0 aliphatic heterocycles. The zero-order chi connectivity index (χ0) is 17.0. The molecule has 0 bridgehead atoms. The highest BCUT2D eigenvalue weighted by atomic mass is 19.4. The molecule has 0 atom stereocenters. The minimum atomic E-state index is -4.43. The summed E-state index contributed by atoms with van der Waals surface area (Å²) in [6, 6.07) is 8.96. The quantitative estimate of drug-likeness (QED) is 0.667. The van der Waals surface area contributed by atoms with Gasteiger partial charge < -0.3 is 0 Å². The van der Waals surface area contributed by atoms with Crippen molar-refractivity contribution in [3.8, 4) is 0 Å². The molecule has 2 aromatic rings. The van der Waals surface area contributed by atoms with Crippen molar-refractivity contribution >= 4 is 17.3 Å². The van der Waals surface area contributed by atoms with Crippen LogP contribution >= 0.6 is 0 Å². The van der Waals surface area contributed by atoms with Crippen LogP contribution < -0.4 is 10.9 Å². The van der Waals surface area contributed by atoms with E-state index in [-0.39, 0.29) is 16.9 Å². The summed E-state index contributed by atoms with van der Waals surface area (Å²) in [7, 11) is 0. The Hall–Kier alpha value is -3.10. The maximum absolute atomic E-state index is 12.4. The standard InChI is InChI=1S/C14H10F3N3O3/c15-14(16,17)10-3-5-11(6-4-10)18-19-13(21)9-1-7-12(8-2-9)20(22)23/h1-8,18H,(H,19,21). The molecule has 9 heteroatoms. The Bertz CT molecular complexity index is 713. The van der Waals surface area contributed by atoms with Gasteiger partial charge >= 0.3 is 6.18 Å². The minimum Gasteiger partial charge on any atom is -0.298 e. The zero-order valence-electron chi connectivity index (χ0n) is 11.4. The molecule has 0 radical (unpaired) electrons. The van der Waals surface area contributed by atoms with Crippen molar-refractivity contribution in [2.45, 2.75) is 6.18 Å². The fourth-order valence-corrected chi connectivity index (χ4v) is 1.68. The molecule has 0 aliphatic carbocycles. The van der Waals surface area contributed by atoms with Crippen molar-refractivity contribution in [1.29, 1.82) is 0 Å². The van der Waals surface area contributed by atoms with Crippen LogP contribution in [0.4, 0.5) is 24.5 Å². The summed E-state index contributed by atoms with van der Waals surface area (Å²) < 4.78 is 37.2. The number of benzene rings is 2. The SMILES string of the molecule is O=C(NNc1ccc(C(F)(F)F)cc1)c1ccc([N+](=O)[O-])cc1. The van der Waals surface area contributed by atoms with Gasteiger partial charge in [-0.15, -0.1) is 0 Å². The van der Waals surface area contributed by atoms with Crippen LogP contribution in [0.15, 0.2) is 48.5 Å². The number of nitro benzene ring substituents is 1. The normalized spacial score (nSPS) is 10.9. The van der Waals surface area contributed by atoms with Gasteiger partial charge in [0.25, 0.3) is 11.6 Å². The van der Waals surface area contributed by atoms with Crippen LogP contribution in [0.2, 0.25) is 0 Å². The number of alkyl halides is 3. The largest absolute Gasteiger partial charge is 0.416 e. The fourth-order valence-electron chi connectivity index (χ4n) is 1.68. The first kappa shape index (κ1) is 16.3. The van der Waals surface area contributed by atoms with Gasteiger partial charge in [0.05, 0.1) is 16.2 Å². The van der Waals surface area contributed by atoms with Gasteiger partial charge in [-0.1, -0.05) is 0 Å². The van der Waals surface area contributed by atoms with Gasteiger partial charge in [-0.2, -0.15) is 13.2 Å². The summed E-state index contributed by atoms with van der Waals surface area (Å²) in [5.41, 5.74) is 4.20. The molecule has 0 unspecified atom stereocenters. The number of nitro groups is 1. The summed E-state index contributed by atoms with van der Waals surface area (Å²) in [4.78, 5) is 21.7. The molecule has 1 amide bonds. The number of hydrogen-bond acceptors (Lipinski definition) is 4. The Balaban J connectivity index is 1.97. The predicted molar refractivity (Wildman–Crippen MR) is 75.6 cm³/mol. The first-order valence-electron chi connectivity index (χ1n) is 6.25. The number of hydrogen-bond donors (Lipinski definition) is 2. The lowest BCUT2D eigenvalue weighted by atomic mass is 10.2. The molecule has 0 saturated heterocycles. The molecular formula is C14H10F3N3O3. The first-order chi connectivity index (χ1) is 10.8. The average Bonchev–Trinajstić information content (AvgIpc) is 2.52. The summed E-state index contributed by atoms with van der Waals surface area (Å²) >= 11 is 0. The summed E-state index contributed by atoms with van der Waals surface area (Å²) in [6.07, 6.45) is -4.43. The van der Waals surface area contributed by atoms with Crippen LogP contribution in [0.25, 0.3) is 0 Å². The van der Waals surface area contributed by atoms with Gasteiger partial charge in [0, 0.05) is 17.7 Å². The minimum absolute atomic E-state index is 0.155. The molecule has 2 N–H and O–H groups in total. The molecule has 6 nitrogen and oxygen atoms in total. The van der Waals surface area contributed by atoms with Gasteiger partial charge in [-0.3, -0.25) is 25.8 Å². The Morgan fingerprint density at radius 3 is 2.04 bits per heavy atom. The Morgan fingerprint density at radius 2 is 1.57 bits per heavy atom. The van der Waals surface area contributed by atoms with Crippen molar-refractivity contribution in [3.63, 3.8) is 0 Å². The average molecular weight is 325 g/mol. The fraction of sp³-hybridized carbons (Fsp3) is 0.0714. The second kappa shape index (κ2) is 6.34. The van der Waals surface area contributed by atoms with Crippen LogP contribution in [-0.4, -0.2) is 10.8 Å². The molecule has 0 saturated carbocycles. The summed E-state index contributed by atoms with van der Waals surface area (Å²) in [6.45, 7) is 0. The van der Waals surface area contributed by atoms with Crippen LogP contribution in [0, 0.1) is 10.1 Å². The van der Waals surface area contributed by atoms with Crippen molar-refractivity contribution in [2.24, 2.45) is 0 Å². The highest BCUT2D eigenvalue weighted by molar-refractivity contribution is 5.95. The Kier molecular flexibility index (Phi) is 4.49. The number of amides is 1. The number of carbonyl (C=O) groups is 1. The van der Waals surface area contributed by atoms with E-state index in [2.05, 4.69) is 10.9 Å². The summed E-state index contributed by atoms with van der Waals surface area (Å²) in [5.74, 6) is -0.584. The lowest BCUT2D eigenvalue weighted by Crippen LogP contribution is -2.29. The molecule has 0 aromatic heterocycles. The van der Waals surface area contributed by atoms with E-state index in [0.717, 1.165) is 12.1 Å². The third-order valence-electron chi connectivity index (χ3n) is 2.87. The van der Waals surface area contributed by atoms with Crippen molar-refractivity contribution in [3.05, 3.63) is 69.8 Å². The van der Waals surface area contributed by atoms with Gasteiger partial charge in [0.15, 0.2) is 0 Å². The van der Waals surface area contributed by atoms with Crippen molar-refractivity contribution in [1.82, 2.24) is 5.43 Å². The van der Waals surface area contributed by atoms with E-state index in [1.54, 1.807) is 0 Å². The van der Waals surface area contributed by atoms with Gasteiger partial charge in [-0.25, -0.2) is 0 Å². The lowest BCUT2D eigenvalue weighted by Gasteiger charge is -2.10. The predicted octanol–water partition coefficient (Wildman–Crippen LogP) is 3.37. The van der Waals surface area contributed by atoms with Gasteiger partial charge in [0.2, 0.25) is 0 Å². The molecule has 2 aromatic carbocycles. The first-order valence-corrected chi connectivity index (χ1v) is 6.25. The lowest BCUT2D eigenvalue weighted by molar-refractivity contribution is -0.384. The third kappa shape index (κ3) is 4.19. The topological polar surface area (TPSA) is 84.3 Å². The van der Waals surface area contributed by atoms with Crippen LogP contribution in [0.5, 0.6) is 0 Å². The van der Waals surface area contributed by atoms with E-state index in [4.69, 9.17) is 0 Å². The van der Waals surface area contributed by atoms with Gasteiger partial charge in [-0.05, 0) is 36.4 Å². The van der Waals surface area contributed by atoms with Crippen molar-refractivity contribution < 1.29 is 22.9 Å². The van der Waals surface area contributed by atoms with E-state index in [1.165, 1.54) is 36.4 Å². The maximum atomic E-state index is 12.4. The second-order valence-corrected chi connectivity index (χ2v) is 4.46. The molecule has 0 heterocycles. The molecule has 0 spiro atoms. The number of carbonyl (C=O) groups excluding carboxylic acids is 1. The number of nitrogens with one attached hydrogen (secondary N) is 2. The number of anilines is 1. The maximum Gasteiger partial charge on any atom is 0.416 e. The van der Waals surface area contributed by atoms with Crippen LogP contribution in [-0.2, 0) is 6.18 Å². The molecule has 0 fully saturated rings. The monoisotopic (exact) mass is 325 g/mol. The molecular weight excluding hydrogens is 315 g/mol. The molecule has 2 rings (SSSR count). The van der Waals surface area contributed by atoms with E-state index >= 15 is 0 Å². The van der Waals surface area contributed by atoms with E-state index in [1.807, 2.05) is 0 Å². The van der Waals surface area contributed by atoms with Crippen LogP contribution in [0.3, 0.4) is 0 Å². The number of hydrazine groups is 1. The molecule has 0 aliphatic rings. The van der Waals surface area contributed by atoms with E-state index in [9.17, 15) is 28.1 Å². The number of halogens is 3. The highest BCUT2D eigenvalue weighted by Crippen LogP contribution is 2.29. The van der Waals surface area contributed by atoms with Crippen molar-refractivity contribution in [2.75, 3.05) is 5.43 Å². The summed E-state index contributed by atoms with van der Waals surface area (Å²) in [5, 5.41) is 10.5. The van der Waals surface area contributed by atoms with E-state index < -0.39 is 22.6 Å². The Morgan fingerprint density at radius 1 is 1.00 bits per heavy atom.